The summed E-state index contributed by atoms with van der Waals surface area (Å²) in [7, 11) is 1.56. The fraction of sp³-hybridized carbons (Fsp3) is 0.562. The third-order valence-corrected chi connectivity index (χ3v) is 3.63. The van der Waals surface area contributed by atoms with Crippen LogP contribution in [0.1, 0.15) is 25.8 Å². The normalized spacial score (nSPS) is 18.0. The highest BCUT2D eigenvalue weighted by atomic mass is 16.5. The Balaban J connectivity index is 1.75. The van der Waals surface area contributed by atoms with Crippen LogP contribution in [0.15, 0.2) is 24.0 Å². The molecule has 6 heteroatoms. The van der Waals surface area contributed by atoms with E-state index in [9.17, 15) is 4.79 Å². The first-order chi connectivity index (χ1) is 10.6. The minimum atomic E-state index is 0.00186. The lowest BCUT2D eigenvalue weighted by molar-refractivity contribution is -0.116. The SMILES string of the molecule is COc1ncc(CN2CC[C@H](CNC(=O)C=C(C)C)C2)cn1. The minimum Gasteiger partial charge on any atom is -0.467 e. The molecule has 2 heterocycles. The highest BCUT2D eigenvalue weighted by Crippen LogP contribution is 2.18. The summed E-state index contributed by atoms with van der Waals surface area (Å²) in [5, 5.41) is 2.97. The zero-order chi connectivity index (χ0) is 15.9. The average Bonchev–Trinajstić information content (AvgIpc) is 2.93. The lowest BCUT2D eigenvalue weighted by atomic mass is 10.1. The van der Waals surface area contributed by atoms with Gasteiger partial charge in [0.2, 0.25) is 5.91 Å². The molecule has 1 amide bonds. The van der Waals surface area contributed by atoms with Gasteiger partial charge in [0.1, 0.15) is 0 Å². The largest absolute Gasteiger partial charge is 0.467 e. The molecule has 2 rings (SSSR count). The van der Waals surface area contributed by atoms with Crippen molar-refractivity contribution in [2.45, 2.75) is 26.8 Å². The molecule has 1 fully saturated rings. The average molecular weight is 304 g/mol. The molecule has 120 valence electrons. The van der Waals surface area contributed by atoms with Crippen LogP contribution in [0.2, 0.25) is 0 Å². The number of rotatable bonds is 6. The number of hydrogen-bond donors (Lipinski definition) is 1. The second kappa shape index (κ2) is 7.89. The Bertz CT molecular complexity index is 523. The Hall–Kier alpha value is -1.95. The summed E-state index contributed by atoms with van der Waals surface area (Å²) in [6.45, 7) is 7.44. The second-order valence-electron chi connectivity index (χ2n) is 5.93. The fourth-order valence-corrected chi connectivity index (χ4v) is 2.57. The van der Waals surface area contributed by atoms with Gasteiger partial charge in [0.15, 0.2) is 0 Å². The molecule has 0 radical (unpaired) electrons. The number of carbonyl (C=O) groups is 1. The summed E-state index contributed by atoms with van der Waals surface area (Å²) in [5.41, 5.74) is 2.10. The van der Waals surface area contributed by atoms with Gasteiger partial charge in [-0.1, -0.05) is 5.57 Å². The van der Waals surface area contributed by atoms with Gasteiger partial charge in [0, 0.05) is 43.7 Å². The summed E-state index contributed by atoms with van der Waals surface area (Å²) in [4.78, 5) is 22.2. The van der Waals surface area contributed by atoms with Crippen LogP contribution in [0.4, 0.5) is 0 Å². The molecule has 0 unspecified atom stereocenters. The van der Waals surface area contributed by atoms with Crippen molar-refractivity contribution in [3.8, 4) is 6.01 Å². The lowest BCUT2D eigenvalue weighted by Gasteiger charge is -2.16. The van der Waals surface area contributed by atoms with Gasteiger partial charge in [0.25, 0.3) is 0 Å². The van der Waals surface area contributed by atoms with E-state index in [2.05, 4.69) is 20.2 Å². The Labute approximate surface area is 131 Å². The highest BCUT2D eigenvalue weighted by Gasteiger charge is 2.22. The lowest BCUT2D eigenvalue weighted by Crippen LogP contribution is -2.30. The van der Waals surface area contributed by atoms with Crippen LogP contribution in [0, 0.1) is 5.92 Å². The molecule has 0 aliphatic carbocycles. The van der Waals surface area contributed by atoms with Crippen molar-refractivity contribution in [1.82, 2.24) is 20.2 Å². The van der Waals surface area contributed by atoms with E-state index < -0.39 is 0 Å². The number of carbonyl (C=O) groups excluding carboxylic acids is 1. The van der Waals surface area contributed by atoms with Crippen molar-refractivity contribution in [3.63, 3.8) is 0 Å². The van der Waals surface area contributed by atoms with E-state index in [1.165, 1.54) is 0 Å². The predicted octanol–water partition coefficient (Wildman–Crippen LogP) is 1.39. The second-order valence-corrected chi connectivity index (χ2v) is 5.93. The zero-order valence-corrected chi connectivity index (χ0v) is 13.5. The summed E-state index contributed by atoms with van der Waals surface area (Å²) in [6.07, 6.45) is 6.35. The zero-order valence-electron chi connectivity index (χ0n) is 13.5. The summed E-state index contributed by atoms with van der Waals surface area (Å²) >= 11 is 0. The van der Waals surface area contributed by atoms with Crippen molar-refractivity contribution < 1.29 is 9.53 Å². The summed E-state index contributed by atoms with van der Waals surface area (Å²) in [6, 6.07) is 0.394. The number of methoxy groups -OCH3 is 1. The van der Waals surface area contributed by atoms with Gasteiger partial charge in [-0.3, -0.25) is 9.69 Å². The maximum Gasteiger partial charge on any atom is 0.316 e. The van der Waals surface area contributed by atoms with Gasteiger partial charge in [-0.25, -0.2) is 9.97 Å². The number of nitrogens with one attached hydrogen (secondary N) is 1. The van der Waals surface area contributed by atoms with Crippen LogP contribution in [-0.4, -0.2) is 47.5 Å². The first-order valence-electron chi connectivity index (χ1n) is 7.57. The van der Waals surface area contributed by atoms with Crippen molar-refractivity contribution >= 4 is 5.91 Å². The van der Waals surface area contributed by atoms with E-state index >= 15 is 0 Å². The van der Waals surface area contributed by atoms with E-state index in [1.807, 2.05) is 13.8 Å². The molecule has 0 aromatic carbocycles. The Morgan fingerprint density at radius 2 is 2.18 bits per heavy atom. The highest BCUT2D eigenvalue weighted by molar-refractivity contribution is 5.87. The van der Waals surface area contributed by atoms with Crippen LogP contribution in [-0.2, 0) is 11.3 Å². The molecule has 1 saturated heterocycles. The van der Waals surface area contributed by atoms with E-state index in [0.29, 0.717) is 11.9 Å². The molecule has 0 saturated carbocycles. The number of nitrogens with zero attached hydrogens (tertiary/aromatic N) is 3. The maximum atomic E-state index is 11.6. The molecule has 1 N–H and O–H groups in total. The third kappa shape index (κ3) is 5.11. The van der Waals surface area contributed by atoms with Crippen molar-refractivity contribution in [2.75, 3.05) is 26.7 Å². The number of hydrogen-bond acceptors (Lipinski definition) is 5. The Kier molecular flexibility index (Phi) is 5.89. The number of amides is 1. The molecule has 1 aliphatic heterocycles. The molecule has 6 nitrogen and oxygen atoms in total. The van der Waals surface area contributed by atoms with Crippen LogP contribution < -0.4 is 10.1 Å². The number of allylic oxidation sites excluding steroid dienone is 1. The van der Waals surface area contributed by atoms with Gasteiger partial charge in [-0.05, 0) is 32.7 Å². The van der Waals surface area contributed by atoms with E-state index in [-0.39, 0.29) is 5.91 Å². The minimum absolute atomic E-state index is 0.00186. The van der Waals surface area contributed by atoms with E-state index in [4.69, 9.17) is 4.74 Å². The first-order valence-corrected chi connectivity index (χ1v) is 7.57. The maximum absolute atomic E-state index is 11.6. The van der Waals surface area contributed by atoms with E-state index in [1.54, 1.807) is 25.6 Å². The van der Waals surface area contributed by atoms with Gasteiger partial charge < -0.3 is 10.1 Å². The molecular formula is C16H24N4O2. The van der Waals surface area contributed by atoms with Gasteiger partial charge in [-0.2, -0.15) is 0 Å². The van der Waals surface area contributed by atoms with Crippen molar-refractivity contribution in [3.05, 3.63) is 29.6 Å². The standard InChI is InChI=1S/C16H24N4O2/c1-12(2)6-15(21)17-7-13-4-5-20(10-13)11-14-8-18-16(22-3)19-9-14/h6,8-9,13H,4-5,7,10-11H2,1-3H3,(H,17,21)/t13-/m1/s1. The van der Waals surface area contributed by atoms with Gasteiger partial charge in [-0.15, -0.1) is 0 Å². The smallest absolute Gasteiger partial charge is 0.316 e. The summed E-state index contributed by atoms with van der Waals surface area (Å²) < 4.78 is 4.96. The molecule has 0 bridgehead atoms. The monoisotopic (exact) mass is 304 g/mol. The number of likely N-dealkylation sites (tertiary alicyclic amines) is 1. The predicted molar refractivity (Wildman–Crippen MR) is 84.4 cm³/mol. The molecular weight excluding hydrogens is 280 g/mol. The van der Waals surface area contributed by atoms with Crippen molar-refractivity contribution in [2.24, 2.45) is 5.92 Å². The molecule has 1 aromatic heterocycles. The molecule has 1 aliphatic rings. The fourth-order valence-electron chi connectivity index (χ4n) is 2.57. The first kappa shape index (κ1) is 16.4. The van der Waals surface area contributed by atoms with Crippen LogP contribution in [0.3, 0.4) is 0 Å². The summed E-state index contributed by atoms with van der Waals surface area (Å²) in [5.74, 6) is 0.510. The Morgan fingerprint density at radius 1 is 1.45 bits per heavy atom. The van der Waals surface area contributed by atoms with Gasteiger partial charge in [0.05, 0.1) is 7.11 Å². The van der Waals surface area contributed by atoms with E-state index in [0.717, 1.165) is 43.7 Å². The molecule has 0 spiro atoms. The quantitative estimate of drug-likeness (QED) is 0.805. The number of ether oxygens (including phenoxy) is 1. The van der Waals surface area contributed by atoms with Crippen LogP contribution >= 0.6 is 0 Å². The van der Waals surface area contributed by atoms with Gasteiger partial charge >= 0.3 is 6.01 Å². The topological polar surface area (TPSA) is 67.3 Å². The molecule has 1 atom stereocenters. The van der Waals surface area contributed by atoms with Crippen molar-refractivity contribution in [1.29, 1.82) is 0 Å². The molecule has 22 heavy (non-hydrogen) atoms. The Morgan fingerprint density at radius 3 is 2.82 bits per heavy atom. The molecule has 1 aromatic rings. The van der Waals surface area contributed by atoms with Crippen LogP contribution in [0.5, 0.6) is 6.01 Å². The number of aromatic nitrogens is 2. The van der Waals surface area contributed by atoms with Crippen LogP contribution in [0.25, 0.3) is 0 Å². The third-order valence-electron chi connectivity index (χ3n) is 3.63.